The summed E-state index contributed by atoms with van der Waals surface area (Å²) >= 11 is 1.56. The van der Waals surface area contributed by atoms with Gasteiger partial charge in [0, 0.05) is 12.6 Å². The Morgan fingerprint density at radius 2 is 2.17 bits per heavy atom. The Kier molecular flexibility index (Phi) is 4.14. The molecule has 0 amide bonds. The third kappa shape index (κ3) is 3.46. The van der Waals surface area contributed by atoms with Crippen molar-refractivity contribution < 1.29 is 9.94 Å². The number of benzene rings is 1. The van der Waals surface area contributed by atoms with Gasteiger partial charge in [-0.3, -0.25) is 4.98 Å². The molecule has 0 aliphatic heterocycles. The van der Waals surface area contributed by atoms with E-state index in [-0.39, 0.29) is 5.84 Å². The molecule has 1 heterocycles. The van der Waals surface area contributed by atoms with Crippen molar-refractivity contribution in [1.29, 1.82) is 0 Å². The predicted octanol–water partition coefficient (Wildman–Crippen LogP) is 2.01. The molecule has 0 bridgehead atoms. The number of rotatable bonds is 5. The second kappa shape index (κ2) is 6.02. The maximum absolute atomic E-state index is 8.47. The molecule has 0 atom stereocenters. The van der Waals surface area contributed by atoms with Gasteiger partial charge in [-0.05, 0) is 17.7 Å². The quantitative estimate of drug-likeness (QED) is 0.374. The third-order valence-electron chi connectivity index (χ3n) is 2.30. The van der Waals surface area contributed by atoms with Crippen LogP contribution in [0, 0.1) is 0 Å². The summed E-state index contributed by atoms with van der Waals surface area (Å²) in [5.74, 6) is 0.972. The molecule has 0 fully saturated rings. The Balaban J connectivity index is 1.91. The molecule has 6 heteroatoms. The predicted molar refractivity (Wildman–Crippen MR) is 70.0 cm³/mol. The summed E-state index contributed by atoms with van der Waals surface area (Å²) in [6.45, 7) is 0.518. The van der Waals surface area contributed by atoms with Crippen molar-refractivity contribution >= 4 is 17.2 Å². The minimum absolute atomic E-state index is 0.188. The highest BCUT2D eigenvalue weighted by Gasteiger charge is 2.00. The molecule has 0 spiro atoms. The lowest BCUT2D eigenvalue weighted by Crippen LogP contribution is -2.14. The molecule has 94 valence electrons. The lowest BCUT2D eigenvalue weighted by molar-refractivity contribution is 0.309. The van der Waals surface area contributed by atoms with E-state index in [1.807, 2.05) is 24.3 Å². The van der Waals surface area contributed by atoms with Gasteiger partial charge in [0.15, 0.2) is 0 Å². The van der Waals surface area contributed by atoms with Gasteiger partial charge in [0.25, 0.3) is 0 Å². The summed E-state index contributed by atoms with van der Waals surface area (Å²) in [5.41, 5.74) is 8.17. The molecule has 5 nitrogen and oxygen atoms in total. The van der Waals surface area contributed by atoms with Crippen molar-refractivity contribution in [2.24, 2.45) is 10.9 Å². The highest BCUT2D eigenvalue weighted by atomic mass is 32.1. The number of nitrogens with zero attached hydrogens (tertiary/aromatic N) is 2. The first-order chi connectivity index (χ1) is 8.78. The summed E-state index contributed by atoms with van der Waals surface area (Å²) < 4.78 is 5.60. The van der Waals surface area contributed by atoms with Crippen LogP contribution in [0.1, 0.15) is 10.4 Å². The van der Waals surface area contributed by atoms with Crippen molar-refractivity contribution in [3.63, 3.8) is 0 Å². The van der Waals surface area contributed by atoms with Gasteiger partial charge in [0.05, 0.1) is 10.4 Å². The van der Waals surface area contributed by atoms with Crippen LogP contribution in [0.5, 0.6) is 5.75 Å². The fourth-order valence-electron chi connectivity index (χ4n) is 1.42. The fraction of sp³-hybridized carbons (Fsp3) is 0.167. The summed E-state index contributed by atoms with van der Waals surface area (Å²) in [4.78, 5) is 5.06. The van der Waals surface area contributed by atoms with Crippen LogP contribution in [-0.4, -0.2) is 16.0 Å². The second-order valence-corrected chi connectivity index (χ2v) is 4.64. The van der Waals surface area contributed by atoms with E-state index in [1.54, 1.807) is 23.0 Å². The molecule has 0 aliphatic rings. The van der Waals surface area contributed by atoms with Crippen LogP contribution in [0.2, 0.25) is 0 Å². The van der Waals surface area contributed by atoms with Crippen LogP contribution < -0.4 is 10.5 Å². The molecule has 0 aliphatic carbocycles. The van der Waals surface area contributed by atoms with Gasteiger partial charge in [0.1, 0.15) is 18.2 Å². The molecule has 1 aromatic carbocycles. The number of amidine groups is 1. The van der Waals surface area contributed by atoms with Crippen molar-refractivity contribution in [2.75, 3.05) is 0 Å². The summed E-state index contributed by atoms with van der Waals surface area (Å²) in [5, 5.41) is 11.4. The minimum atomic E-state index is 0.188. The maximum atomic E-state index is 8.47. The van der Waals surface area contributed by atoms with Gasteiger partial charge in [-0.2, -0.15) is 0 Å². The van der Waals surface area contributed by atoms with Gasteiger partial charge in [-0.25, -0.2) is 0 Å². The summed E-state index contributed by atoms with van der Waals surface area (Å²) in [6.07, 6.45) is 2.21. The Hall–Kier alpha value is -2.08. The molecule has 1 aromatic heterocycles. The zero-order valence-electron chi connectivity index (χ0n) is 9.61. The molecule has 0 unspecified atom stereocenters. The summed E-state index contributed by atoms with van der Waals surface area (Å²) in [6, 6.07) is 7.50. The van der Waals surface area contributed by atoms with Gasteiger partial charge < -0.3 is 15.7 Å². The van der Waals surface area contributed by atoms with E-state index >= 15 is 0 Å². The minimum Gasteiger partial charge on any atom is -0.488 e. The van der Waals surface area contributed by atoms with E-state index in [1.165, 1.54) is 0 Å². The molecule has 2 aromatic rings. The van der Waals surface area contributed by atoms with Gasteiger partial charge in [0.2, 0.25) is 0 Å². The zero-order valence-corrected chi connectivity index (χ0v) is 10.4. The average Bonchev–Trinajstić information content (AvgIpc) is 2.91. The van der Waals surface area contributed by atoms with Crippen LogP contribution in [0.3, 0.4) is 0 Å². The highest BCUT2D eigenvalue weighted by Crippen LogP contribution is 2.15. The third-order valence-corrected chi connectivity index (χ3v) is 3.05. The second-order valence-electron chi connectivity index (χ2n) is 3.67. The number of hydrogen-bond donors (Lipinski definition) is 2. The number of aromatic nitrogens is 1. The highest BCUT2D eigenvalue weighted by molar-refractivity contribution is 7.09. The molecular formula is C12H13N3O2S. The average molecular weight is 263 g/mol. The van der Waals surface area contributed by atoms with Crippen molar-refractivity contribution in [2.45, 2.75) is 13.0 Å². The SMILES string of the molecule is N/C(Cc1ccc(OCc2cncs2)cc1)=N/O. The van der Waals surface area contributed by atoms with Crippen LogP contribution in [0.25, 0.3) is 0 Å². The van der Waals surface area contributed by atoms with Gasteiger partial charge in [-0.15, -0.1) is 11.3 Å². The number of hydrogen-bond acceptors (Lipinski definition) is 5. The fourth-order valence-corrected chi connectivity index (χ4v) is 1.92. The van der Waals surface area contributed by atoms with Gasteiger partial charge >= 0.3 is 0 Å². The Morgan fingerprint density at radius 3 is 2.78 bits per heavy atom. The van der Waals surface area contributed by atoms with Crippen LogP contribution in [0.4, 0.5) is 0 Å². The van der Waals surface area contributed by atoms with E-state index in [9.17, 15) is 0 Å². The first-order valence-electron chi connectivity index (χ1n) is 5.33. The monoisotopic (exact) mass is 263 g/mol. The summed E-state index contributed by atoms with van der Waals surface area (Å²) in [7, 11) is 0. The first kappa shape index (κ1) is 12.4. The molecule has 2 rings (SSSR count). The van der Waals surface area contributed by atoms with E-state index in [0.29, 0.717) is 13.0 Å². The van der Waals surface area contributed by atoms with Crippen LogP contribution >= 0.6 is 11.3 Å². The van der Waals surface area contributed by atoms with E-state index in [4.69, 9.17) is 15.7 Å². The largest absolute Gasteiger partial charge is 0.488 e. The molecule has 0 radical (unpaired) electrons. The van der Waals surface area contributed by atoms with Crippen LogP contribution in [0.15, 0.2) is 41.1 Å². The lowest BCUT2D eigenvalue weighted by atomic mass is 10.1. The van der Waals surface area contributed by atoms with E-state index < -0.39 is 0 Å². The number of oxime groups is 1. The molecule has 3 N–H and O–H groups in total. The molecule has 0 saturated heterocycles. The van der Waals surface area contributed by atoms with Crippen molar-refractivity contribution in [3.8, 4) is 5.75 Å². The Bertz CT molecular complexity index is 509. The smallest absolute Gasteiger partial charge is 0.143 e. The molecule has 18 heavy (non-hydrogen) atoms. The van der Waals surface area contributed by atoms with Crippen molar-refractivity contribution in [1.82, 2.24) is 4.98 Å². The molecule has 0 saturated carbocycles. The van der Waals surface area contributed by atoms with E-state index in [2.05, 4.69) is 10.1 Å². The molecular weight excluding hydrogens is 250 g/mol. The first-order valence-corrected chi connectivity index (χ1v) is 6.21. The topological polar surface area (TPSA) is 80.7 Å². The zero-order chi connectivity index (χ0) is 12.8. The number of thiazole rings is 1. The standard InChI is InChI=1S/C12H13N3O2S/c13-12(15-16)5-9-1-3-10(4-2-9)17-7-11-6-14-8-18-11/h1-4,6,8,16H,5,7H2,(H2,13,15). The van der Waals surface area contributed by atoms with E-state index in [0.717, 1.165) is 16.2 Å². The van der Waals surface area contributed by atoms with Crippen molar-refractivity contribution in [3.05, 3.63) is 46.4 Å². The lowest BCUT2D eigenvalue weighted by Gasteiger charge is -2.05. The Morgan fingerprint density at radius 1 is 1.39 bits per heavy atom. The maximum Gasteiger partial charge on any atom is 0.143 e. The Labute approximate surface area is 109 Å². The normalized spacial score (nSPS) is 11.4. The van der Waals surface area contributed by atoms with Crippen LogP contribution in [-0.2, 0) is 13.0 Å². The number of ether oxygens (including phenoxy) is 1. The number of nitrogens with two attached hydrogens (primary N) is 1. The van der Waals surface area contributed by atoms with Gasteiger partial charge in [-0.1, -0.05) is 17.3 Å².